The minimum Gasteiger partial charge on any atom is -0.394 e. The van der Waals surface area contributed by atoms with Crippen LogP contribution in [-0.2, 0) is 10.4 Å². The first-order valence-electron chi connectivity index (χ1n) is 11.7. The van der Waals surface area contributed by atoms with Gasteiger partial charge >= 0.3 is 0 Å². The highest BCUT2D eigenvalue weighted by atomic mass is 19.1. The largest absolute Gasteiger partial charge is 0.394 e. The number of likely N-dealkylation sites (N-methyl/N-ethyl adjacent to an activating group) is 1. The number of aliphatic hydroxyl groups is 2. The van der Waals surface area contributed by atoms with Gasteiger partial charge < -0.3 is 20.1 Å². The minimum absolute atomic E-state index is 0.194. The highest BCUT2D eigenvalue weighted by Gasteiger charge is 2.49. The van der Waals surface area contributed by atoms with E-state index in [-0.39, 0.29) is 36.6 Å². The van der Waals surface area contributed by atoms with E-state index < -0.39 is 35.1 Å². The number of aromatic amines is 1. The fraction of sp³-hybridized carbons (Fsp3) is 0.462. The molecule has 0 saturated carbocycles. The molecular weight excluding hydrogens is 454 g/mol. The standard InChI is InChI=1S/C26H32F2N4O3/c1-14-8-17(18-6-7-29-24-22(18)20(28)10-30-24)9-19(27)23(14)26(35)15(2)11-32(12-16(26)3)25(34)21(13-33)31(4)5/h6-10,15-16,21,33,35H,11-13H2,1-5H3,(H,29,30)/t15-,16+,21-,26?/m1/s1. The monoisotopic (exact) mass is 486 g/mol. The van der Waals surface area contributed by atoms with Gasteiger partial charge in [0.15, 0.2) is 5.82 Å². The number of rotatable bonds is 5. The Hall–Kier alpha value is -2.88. The van der Waals surface area contributed by atoms with Crippen molar-refractivity contribution in [3.8, 4) is 11.1 Å². The van der Waals surface area contributed by atoms with Gasteiger partial charge in [-0.2, -0.15) is 0 Å². The Labute approximate surface area is 203 Å². The van der Waals surface area contributed by atoms with Crippen LogP contribution in [0, 0.1) is 30.4 Å². The van der Waals surface area contributed by atoms with Crippen molar-refractivity contribution in [1.29, 1.82) is 0 Å². The van der Waals surface area contributed by atoms with Gasteiger partial charge in [0.1, 0.15) is 23.1 Å². The molecule has 4 atom stereocenters. The quantitative estimate of drug-likeness (QED) is 0.516. The molecule has 1 aliphatic heterocycles. The smallest absolute Gasteiger partial charge is 0.242 e. The lowest BCUT2D eigenvalue weighted by Crippen LogP contribution is -2.59. The lowest BCUT2D eigenvalue weighted by Gasteiger charge is -2.49. The number of aliphatic hydroxyl groups excluding tert-OH is 1. The third kappa shape index (κ3) is 4.11. The van der Waals surface area contributed by atoms with Crippen LogP contribution in [0.5, 0.6) is 0 Å². The van der Waals surface area contributed by atoms with Crippen molar-refractivity contribution >= 4 is 16.9 Å². The van der Waals surface area contributed by atoms with Gasteiger partial charge in [0.05, 0.1) is 12.0 Å². The third-order valence-electron chi connectivity index (χ3n) is 7.41. The molecule has 1 unspecified atom stereocenters. The second-order valence-electron chi connectivity index (χ2n) is 9.90. The number of halogens is 2. The van der Waals surface area contributed by atoms with E-state index in [0.29, 0.717) is 22.3 Å². The Morgan fingerprint density at radius 2 is 1.91 bits per heavy atom. The number of aromatic nitrogens is 2. The molecule has 1 aromatic carbocycles. The zero-order chi connectivity index (χ0) is 25.7. The lowest BCUT2D eigenvalue weighted by atomic mass is 9.69. The molecule has 1 amide bonds. The molecule has 0 bridgehead atoms. The molecule has 0 radical (unpaired) electrons. The maximum Gasteiger partial charge on any atom is 0.242 e. The number of amides is 1. The number of nitrogens with one attached hydrogen (secondary N) is 1. The summed E-state index contributed by atoms with van der Waals surface area (Å²) in [5, 5.41) is 21.8. The van der Waals surface area contributed by atoms with Crippen molar-refractivity contribution in [3.05, 3.63) is 53.4 Å². The van der Waals surface area contributed by atoms with E-state index in [1.807, 2.05) is 0 Å². The van der Waals surface area contributed by atoms with E-state index in [2.05, 4.69) is 9.97 Å². The number of nitrogens with zero attached hydrogens (tertiary/aromatic N) is 3. The molecule has 3 heterocycles. The molecule has 4 rings (SSSR count). The fourth-order valence-electron chi connectivity index (χ4n) is 5.51. The van der Waals surface area contributed by atoms with E-state index >= 15 is 4.39 Å². The summed E-state index contributed by atoms with van der Waals surface area (Å²) >= 11 is 0. The molecule has 0 aliphatic carbocycles. The summed E-state index contributed by atoms with van der Waals surface area (Å²) in [5.41, 5.74) is 0.600. The fourth-order valence-corrected chi connectivity index (χ4v) is 5.51. The van der Waals surface area contributed by atoms with Crippen LogP contribution in [0.15, 0.2) is 30.6 Å². The number of benzene rings is 1. The van der Waals surface area contributed by atoms with E-state index in [9.17, 15) is 19.4 Å². The first kappa shape index (κ1) is 25.2. The predicted octanol–water partition coefficient (Wildman–Crippen LogP) is 3.04. The van der Waals surface area contributed by atoms with Crippen molar-refractivity contribution in [2.75, 3.05) is 33.8 Å². The zero-order valence-corrected chi connectivity index (χ0v) is 20.6. The SMILES string of the molecule is Cc1cc(-c2ccnc3[nH]cc(F)c23)cc(F)c1C1(O)[C@H](C)CN(C(=O)[C@@H](CO)N(C)C)C[C@@H]1C. The molecule has 1 aliphatic rings. The number of aryl methyl sites for hydroxylation is 1. The second-order valence-corrected chi connectivity index (χ2v) is 9.90. The van der Waals surface area contributed by atoms with E-state index in [1.54, 1.807) is 56.8 Å². The van der Waals surface area contributed by atoms with Crippen LogP contribution in [0.25, 0.3) is 22.2 Å². The average Bonchev–Trinajstić information content (AvgIpc) is 3.18. The van der Waals surface area contributed by atoms with Crippen LogP contribution in [0.2, 0.25) is 0 Å². The normalized spacial score (nSPS) is 23.8. The molecule has 2 aromatic heterocycles. The number of piperidine rings is 1. The number of hydrogen-bond acceptors (Lipinski definition) is 5. The van der Waals surface area contributed by atoms with Crippen molar-refractivity contribution in [2.45, 2.75) is 32.4 Å². The molecular formula is C26H32F2N4O3. The van der Waals surface area contributed by atoms with Gasteiger partial charge in [0, 0.05) is 42.9 Å². The number of hydrogen-bond donors (Lipinski definition) is 3. The van der Waals surface area contributed by atoms with E-state index in [4.69, 9.17) is 0 Å². The Balaban J connectivity index is 1.71. The van der Waals surface area contributed by atoms with Gasteiger partial charge in [-0.15, -0.1) is 0 Å². The first-order valence-corrected chi connectivity index (χ1v) is 11.7. The molecule has 3 N–H and O–H groups in total. The summed E-state index contributed by atoms with van der Waals surface area (Å²) in [6.45, 7) is 5.47. The van der Waals surface area contributed by atoms with Crippen LogP contribution in [0.4, 0.5) is 8.78 Å². The third-order valence-corrected chi connectivity index (χ3v) is 7.41. The topological polar surface area (TPSA) is 92.7 Å². The Morgan fingerprint density at radius 1 is 1.26 bits per heavy atom. The summed E-state index contributed by atoms with van der Waals surface area (Å²) in [6.07, 6.45) is 2.75. The lowest BCUT2D eigenvalue weighted by molar-refractivity contribution is -0.154. The minimum atomic E-state index is -1.51. The molecule has 7 nitrogen and oxygen atoms in total. The van der Waals surface area contributed by atoms with Crippen molar-refractivity contribution in [1.82, 2.24) is 19.8 Å². The van der Waals surface area contributed by atoms with Crippen molar-refractivity contribution in [2.24, 2.45) is 11.8 Å². The number of likely N-dealkylation sites (tertiary alicyclic amines) is 1. The van der Waals surface area contributed by atoms with Crippen molar-refractivity contribution < 1.29 is 23.8 Å². The summed E-state index contributed by atoms with van der Waals surface area (Å²) < 4.78 is 30.2. The van der Waals surface area contributed by atoms with Crippen LogP contribution in [0.3, 0.4) is 0 Å². The van der Waals surface area contributed by atoms with E-state index in [0.717, 1.165) is 0 Å². The van der Waals surface area contributed by atoms with Gasteiger partial charge in [-0.05, 0) is 49.8 Å². The van der Waals surface area contributed by atoms with Crippen LogP contribution < -0.4 is 0 Å². The molecule has 9 heteroatoms. The number of H-pyrrole nitrogens is 1. The predicted molar refractivity (Wildman–Crippen MR) is 130 cm³/mol. The van der Waals surface area contributed by atoms with Crippen molar-refractivity contribution in [3.63, 3.8) is 0 Å². The Kier molecular flexibility index (Phi) is 6.70. The van der Waals surface area contributed by atoms with Gasteiger partial charge in [-0.25, -0.2) is 13.8 Å². The van der Waals surface area contributed by atoms with Gasteiger partial charge in [-0.1, -0.05) is 19.9 Å². The molecule has 1 fully saturated rings. The average molecular weight is 487 g/mol. The molecule has 1 saturated heterocycles. The van der Waals surface area contributed by atoms with Crippen LogP contribution in [0.1, 0.15) is 25.0 Å². The highest BCUT2D eigenvalue weighted by molar-refractivity contribution is 5.93. The molecule has 188 valence electrons. The number of carbonyl (C=O) groups excluding carboxylic acids is 1. The summed E-state index contributed by atoms with van der Waals surface area (Å²) in [5.74, 6) is -2.21. The van der Waals surface area contributed by atoms with E-state index in [1.165, 1.54) is 18.5 Å². The zero-order valence-electron chi connectivity index (χ0n) is 20.6. The Morgan fingerprint density at radius 3 is 2.49 bits per heavy atom. The number of fused-ring (bicyclic) bond motifs is 1. The molecule has 3 aromatic rings. The van der Waals surface area contributed by atoms with Crippen LogP contribution in [-0.4, -0.2) is 75.7 Å². The summed E-state index contributed by atoms with van der Waals surface area (Å²) in [6, 6.07) is 4.04. The Bertz CT molecular complexity index is 1220. The summed E-state index contributed by atoms with van der Waals surface area (Å²) in [7, 11) is 3.45. The molecule has 35 heavy (non-hydrogen) atoms. The molecule has 0 spiro atoms. The highest BCUT2D eigenvalue weighted by Crippen LogP contribution is 2.45. The first-order chi connectivity index (χ1) is 16.5. The van der Waals surface area contributed by atoms with Gasteiger partial charge in [0.25, 0.3) is 0 Å². The number of pyridine rings is 1. The van der Waals surface area contributed by atoms with Gasteiger partial charge in [-0.3, -0.25) is 9.69 Å². The van der Waals surface area contributed by atoms with Gasteiger partial charge in [0.2, 0.25) is 5.91 Å². The van der Waals surface area contributed by atoms with Crippen LogP contribution >= 0.6 is 0 Å². The second kappa shape index (κ2) is 9.29. The maximum atomic E-state index is 15.7. The summed E-state index contributed by atoms with van der Waals surface area (Å²) in [4.78, 5) is 23.2. The number of carbonyl (C=O) groups is 1. The maximum absolute atomic E-state index is 15.7.